The molecule has 21 heavy (non-hydrogen) atoms. The Balaban J connectivity index is 2.18. The second kappa shape index (κ2) is 6.29. The van der Waals surface area contributed by atoms with E-state index in [4.69, 9.17) is 0 Å². The SMILES string of the molecule is CCC1C(=O)NC(C)C(=O)N1Cc1ccc(C(C)C)cc1. The quantitative estimate of drug-likeness (QED) is 0.925. The van der Waals surface area contributed by atoms with Gasteiger partial charge in [-0.25, -0.2) is 0 Å². The first-order chi connectivity index (χ1) is 9.93. The van der Waals surface area contributed by atoms with Gasteiger partial charge in [0.05, 0.1) is 0 Å². The summed E-state index contributed by atoms with van der Waals surface area (Å²) in [6.07, 6.45) is 0.633. The number of carbonyl (C=O) groups is 2. The van der Waals surface area contributed by atoms with Crippen molar-refractivity contribution in [3.8, 4) is 0 Å². The molecule has 4 nitrogen and oxygen atoms in total. The fraction of sp³-hybridized carbons (Fsp3) is 0.529. The van der Waals surface area contributed by atoms with Crippen molar-refractivity contribution >= 4 is 11.8 Å². The normalized spacial score (nSPS) is 22.6. The summed E-state index contributed by atoms with van der Waals surface area (Å²) in [4.78, 5) is 26.1. The van der Waals surface area contributed by atoms with E-state index in [9.17, 15) is 9.59 Å². The third-order valence-electron chi connectivity index (χ3n) is 4.08. The molecule has 114 valence electrons. The summed E-state index contributed by atoms with van der Waals surface area (Å²) in [6.45, 7) is 8.47. The highest BCUT2D eigenvalue weighted by Gasteiger charge is 2.37. The number of rotatable bonds is 4. The number of hydrogen-bond donors (Lipinski definition) is 1. The molecule has 2 atom stereocenters. The van der Waals surface area contributed by atoms with Crippen molar-refractivity contribution < 1.29 is 9.59 Å². The van der Waals surface area contributed by atoms with E-state index in [2.05, 4.69) is 31.3 Å². The first kappa shape index (κ1) is 15.5. The Hall–Kier alpha value is -1.84. The average molecular weight is 288 g/mol. The van der Waals surface area contributed by atoms with Crippen molar-refractivity contribution in [2.24, 2.45) is 0 Å². The summed E-state index contributed by atoms with van der Waals surface area (Å²) in [5.41, 5.74) is 2.34. The molecule has 4 heteroatoms. The highest BCUT2D eigenvalue weighted by atomic mass is 16.2. The Morgan fingerprint density at radius 1 is 1.19 bits per heavy atom. The van der Waals surface area contributed by atoms with Gasteiger partial charge >= 0.3 is 0 Å². The van der Waals surface area contributed by atoms with E-state index in [1.54, 1.807) is 11.8 Å². The molecule has 1 saturated heterocycles. The van der Waals surface area contributed by atoms with Crippen LogP contribution in [0.25, 0.3) is 0 Å². The molecule has 0 radical (unpaired) electrons. The Bertz CT molecular complexity index is 522. The summed E-state index contributed by atoms with van der Waals surface area (Å²) in [5.74, 6) is 0.433. The summed E-state index contributed by atoms with van der Waals surface area (Å²) in [6, 6.07) is 7.49. The molecule has 1 aliphatic rings. The standard InChI is InChI=1S/C17H24N2O2/c1-5-15-16(20)18-12(4)17(21)19(15)10-13-6-8-14(9-7-13)11(2)3/h6-9,11-12,15H,5,10H2,1-4H3,(H,18,20). The average Bonchev–Trinajstić information content (AvgIpc) is 2.45. The molecule has 2 rings (SSSR count). The van der Waals surface area contributed by atoms with Gasteiger partial charge in [0.25, 0.3) is 0 Å². The molecule has 0 aliphatic carbocycles. The van der Waals surface area contributed by atoms with Crippen LogP contribution in [0.3, 0.4) is 0 Å². The minimum atomic E-state index is -0.435. The van der Waals surface area contributed by atoms with E-state index in [1.807, 2.05) is 19.1 Å². The van der Waals surface area contributed by atoms with Gasteiger partial charge in [-0.1, -0.05) is 45.0 Å². The van der Waals surface area contributed by atoms with E-state index < -0.39 is 6.04 Å². The van der Waals surface area contributed by atoms with E-state index in [-0.39, 0.29) is 17.9 Å². The monoisotopic (exact) mass is 288 g/mol. The number of hydrogen-bond acceptors (Lipinski definition) is 2. The number of piperazine rings is 1. The number of amides is 2. The van der Waals surface area contributed by atoms with Gasteiger partial charge in [0.1, 0.15) is 12.1 Å². The van der Waals surface area contributed by atoms with Crippen LogP contribution in [0.2, 0.25) is 0 Å². The third kappa shape index (κ3) is 3.26. The topological polar surface area (TPSA) is 49.4 Å². The minimum Gasteiger partial charge on any atom is -0.343 e. The number of benzene rings is 1. The lowest BCUT2D eigenvalue weighted by Gasteiger charge is -2.37. The van der Waals surface area contributed by atoms with Crippen LogP contribution >= 0.6 is 0 Å². The second-order valence-electron chi connectivity index (χ2n) is 6.02. The summed E-state index contributed by atoms with van der Waals surface area (Å²) in [5, 5.41) is 2.74. The predicted octanol–water partition coefficient (Wildman–Crippen LogP) is 2.44. The van der Waals surface area contributed by atoms with Crippen LogP contribution in [-0.4, -0.2) is 28.8 Å². The number of carbonyl (C=O) groups excluding carboxylic acids is 2. The fourth-order valence-electron chi connectivity index (χ4n) is 2.71. The lowest BCUT2D eigenvalue weighted by molar-refractivity contribution is -0.149. The maximum absolute atomic E-state index is 12.3. The molecule has 0 spiro atoms. The van der Waals surface area contributed by atoms with Gasteiger partial charge in [-0.2, -0.15) is 0 Å². The van der Waals surface area contributed by atoms with Crippen molar-refractivity contribution in [1.82, 2.24) is 10.2 Å². The first-order valence-corrected chi connectivity index (χ1v) is 7.63. The van der Waals surface area contributed by atoms with Crippen LogP contribution in [-0.2, 0) is 16.1 Å². The van der Waals surface area contributed by atoms with Crippen LogP contribution in [0.15, 0.2) is 24.3 Å². The minimum absolute atomic E-state index is 0.00520. The second-order valence-corrected chi connectivity index (χ2v) is 6.02. The molecular formula is C17H24N2O2. The smallest absolute Gasteiger partial charge is 0.245 e. The van der Waals surface area contributed by atoms with Gasteiger partial charge in [0.15, 0.2) is 0 Å². The lowest BCUT2D eigenvalue weighted by Crippen LogP contribution is -2.61. The Morgan fingerprint density at radius 3 is 2.33 bits per heavy atom. The van der Waals surface area contributed by atoms with Gasteiger partial charge in [-0.3, -0.25) is 9.59 Å². The zero-order chi connectivity index (χ0) is 15.6. The van der Waals surface area contributed by atoms with Gasteiger partial charge in [-0.15, -0.1) is 0 Å². The molecule has 1 aromatic carbocycles. The largest absolute Gasteiger partial charge is 0.343 e. The van der Waals surface area contributed by atoms with Crippen molar-refractivity contribution in [3.63, 3.8) is 0 Å². The van der Waals surface area contributed by atoms with Crippen molar-refractivity contribution in [2.45, 2.75) is 58.7 Å². The van der Waals surface area contributed by atoms with Gasteiger partial charge < -0.3 is 10.2 Å². The zero-order valence-corrected chi connectivity index (χ0v) is 13.2. The van der Waals surface area contributed by atoms with E-state index in [0.29, 0.717) is 18.9 Å². The highest BCUT2D eigenvalue weighted by Crippen LogP contribution is 2.19. The van der Waals surface area contributed by atoms with E-state index >= 15 is 0 Å². The predicted molar refractivity (Wildman–Crippen MR) is 82.8 cm³/mol. The van der Waals surface area contributed by atoms with Crippen LogP contribution in [0, 0.1) is 0 Å². The van der Waals surface area contributed by atoms with Crippen LogP contribution in [0.4, 0.5) is 0 Å². The van der Waals surface area contributed by atoms with Crippen LogP contribution in [0.5, 0.6) is 0 Å². The first-order valence-electron chi connectivity index (χ1n) is 7.63. The lowest BCUT2D eigenvalue weighted by atomic mass is 10.0. The molecule has 1 heterocycles. The molecule has 2 amide bonds. The summed E-state index contributed by atoms with van der Waals surface area (Å²) < 4.78 is 0. The van der Waals surface area contributed by atoms with Crippen LogP contribution in [0.1, 0.15) is 51.2 Å². The maximum atomic E-state index is 12.3. The van der Waals surface area contributed by atoms with Crippen LogP contribution < -0.4 is 5.32 Å². The van der Waals surface area contributed by atoms with E-state index in [1.165, 1.54) is 5.56 Å². The molecule has 2 unspecified atom stereocenters. The molecule has 1 N–H and O–H groups in total. The van der Waals surface area contributed by atoms with Crippen molar-refractivity contribution in [1.29, 1.82) is 0 Å². The number of nitrogens with zero attached hydrogens (tertiary/aromatic N) is 1. The molecule has 0 aromatic heterocycles. The molecular weight excluding hydrogens is 264 g/mol. The van der Waals surface area contributed by atoms with Crippen molar-refractivity contribution in [3.05, 3.63) is 35.4 Å². The molecule has 1 aliphatic heterocycles. The number of nitrogens with one attached hydrogen (secondary N) is 1. The van der Waals surface area contributed by atoms with Gasteiger partial charge in [-0.05, 0) is 30.4 Å². The Morgan fingerprint density at radius 2 is 1.81 bits per heavy atom. The summed E-state index contributed by atoms with van der Waals surface area (Å²) >= 11 is 0. The van der Waals surface area contributed by atoms with E-state index in [0.717, 1.165) is 5.56 Å². The highest BCUT2D eigenvalue weighted by molar-refractivity contribution is 5.96. The maximum Gasteiger partial charge on any atom is 0.245 e. The van der Waals surface area contributed by atoms with Gasteiger partial charge in [0.2, 0.25) is 11.8 Å². The fourth-order valence-corrected chi connectivity index (χ4v) is 2.71. The Kier molecular flexibility index (Phi) is 4.66. The molecule has 1 aromatic rings. The third-order valence-corrected chi connectivity index (χ3v) is 4.08. The molecule has 0 bridgehead atoms. The zero-order valence-electron chi connectivity index (χ0n) is 13.2. The molecule has 1 fully saturated rings. The van der Waals surface area contributed by atoms with Gasteiger partial charge in [0, 0.05) is 6.54 Å². The molecule has 0 saturated carbocycles. The summed E-state index contributed by atoms with van der Waals surface area (Å²) in [7, 11) is 0. The van der Waals surface area contributed by atoms with Crippen molar-refractivity contribution in [2.75, 3.05) is 0 Å². The Labute approximate surface area is 126 Å².